The molecule has 8 nitrogen and oxygen atoms in total. The summed E-state index contributed by atoms with van der Waals surface area (Å²) < 4.78 is 15.8. The van der Waals surface area contributed by atoms with Crippen LogP contribution in [0.25, 0.3) is 0 Å². The number of methoxy groups -OCH3 is 1. The van der Waals surface area contributed by atoms with Gasteiger partial charge in [0, 0.05) is 19.4 Å². The topological polar surface area (TPSA) is 90.3 Å². The van der Waals surface area contributed by atoms with Crippen LogP contribution in [0.2, 0.25) is 0 Å². The van der Waals surface area contributed by atoms with Gasteiger partial charge in [0.25, 0.3) is 0 Å². The Hall–Kier alpha value is -1.80. The minimum Gasteiger partial charge on any atom is -0.384 e. The third-order valence-electron chi connectivity index (χ3n) is 4.00. The molecule has 2 aromatic heterocycles. The maximum absolute atomic E-state index is 5.45. The summed E-state index contributed by atoms with van der Waals surface area (Å²) in [7, 11) is 1.66. The zero-order valence-corrected chi connectivity index (χ0v) is 13.9. The SMILES string of the molecule is COCCc1noc(CN2CCC[C@@H]2c2nc(C(C)C)no2)n1. The highest BCUT2D eigenvalue weighted by molar-refractivity contribution is 5.00. The van der Waals surface area contributed by atoms with E-state index in [2.05, 4.69) is 39.0 Å². The van der Waals surface area contributed by atoms with Crippen molar-refractivity contribution in [3.63, 3.8) is 0 Å². The Labute approximate surface area is 135 Å². The Morgan fingerprint density at radius 1 is 1.26 bits per heavy atom. The molecule has 1 aliphatic heterocycles. The molecule has 1 fully saturated rings. The van der Waals surface area contributed by atoms with Crippen LogP contribution in [0, 0.1) is 0 Å². The van der Waals surface area contributed by atoms with E-state index in [1.165, 1.54) is 0 Å². The summed E-state index contributed by atoms with van der Waals surface area (Å²) in [5.41, 5.74) is 0. The van der Waals surface area contributed by atoms with Crippen molar-refractivity contribution in [1.82, 2.24) is 25.2 Å². The van der Waals surface area contributed by atoms with E-state index in [0.717, 1.165) is 25.2 Å². The number of likely N-dealkylation sites (tertiary alicyclic amines) is 1. The molecule has 0 aliphatic carbocycles. The molecule has 0 N–H and O–H groups in total. The summed E-state index contributed by atoms with van der Waals surface area (Å²) in [6.07, 6.45) is 2.75. The van der Waals surface area contributed by atoms with Gasteiger partial charge in [-0.3, -0.25) is 4.90 Å². The zero-order chi connectivity index (χ0) is 16.2. The summed E-state index contributed by atoms with van der Waals surface area (Å²) in [5.74, 6) is 3.00. The van der Waals surface area contributed by atoms with Crippen LogP contribution in [-0.2, 0) is 17.7 Å². The highest BCUT2D eigenvalue weighted by Gasteiger charge is 2.32. The first-order chi connectivity index (χ1) is 11.2. The lowest BCUT2D eigenvalue weighted by Gasteiger charge is -2.18. The number of hydrogen-bond donors (Lipinski definition) is 0. The van der Waals surface area contributed by atoms with Gasteiger partial charge in [0.15, 0.2) is 11.6 Å². The smallest absolute Gasteiger partial charge is 0.244 e. The average Bonchev–Trinajstić information content (AvgIpc) is 3.25. The molecular formula is C15H23N5O3. The Morgan fingerprint density at radius 3 is 2.87 bits per heavy atom. The van der Waals surface area contributed by atoms with Gasteiger partial charge < -0.3 is 13.8 Å². The molecular weight excluding hydrogens is 298 g/mol. The van der Waals surface area contributed by atoms with Crippen molar-refractivity contribution in [1.29, 1.82) is 0 Å². The van der Waals surface area contributed by atoms with Gasteiger partial charge in [-0.25, -0.2) is 0 Å². The van der Waals surface area contributed by atoms with Crippen molar-refractivity contribution < 1.29 is 13.8 Å². The van der Waals surface area contributed by atoms with Gasteiger partial charge in [0.2, 0.25) is 11.8 Å². The molecule has 1 aliphatic rings. The molecule has 0 unspecified atom stereocenters. The highest BCUT2D eigenvalue weighted by Crippen LogP contribution is 2.32. The molecule has 1 saturated heterocycles. The highest BCUT2D eigenvalue weighted by atomic mass is 16.5. The molecule has 0 bridgehead atoms. The van der Waals surface area contributed by atoms with Gasteiger partial charge >= 0.3 is 0 Å². The van der Waals surface area contributed by atoms with Crippen LogP contribution in [0.4, 0.5) is 0 Å². The van der Waals surface area contributed by atoms with Crippen molar-refractivity contribution in [2.75, 3.05) is 20.3 Å². The van der Waals surface area contributed by atoms with Crippen molar-refractivity contribution in [3.05, 3.63) is 23.4 Å². The lowest BCUT2D eigenvalue weighted by atomic mass is 10.2. The van der Waals surface area contributed by atoms with E-state index in [-0.39, 0.29) is 12.0 Å². The summed E-state index contributed by atoms with van der Waals surface area (Å²) in [6.45, 7) is 6.26. The summed E-state index contributed by atoms with van der Waals surface area (Å²) >= 11 is 0. The first-order valence-electron chi connectivity index (χ1n) is 8.05. The number of aromatic nitrogens is 4. The molecule has 3 heterocycles. The number of rotatable bonds is 7. The largest absolute Gasteiger partial charge is 0.384 e. The van der Waals surface area contributed by atoms with Crippen molar-refractivity contribution in [2.24, 2.45) is 0 Å². The Kier molecular flexibility index (Phi) is 5.02. The van der Waals surface area contributed by atoms with Gasteiger partial charge in [0.1, 0.15) is 0 Å². The minimum absolute atomic E-state index is 0.129. The lowest BCUT2D eigenvalue weighted by Crippen LogP contribution is -2.23. The second kappa shape index (κ2) is 7.18. The summed E-state index contributed by atoms with van der Waals surface area (Å²) in [6, 6.07) is 0.129. The molecule has 0 saturated carbocycles. The van der Waals surface area contributed by atoms with E-state index >= 15 is 0 Å². The standard InChI is InChI=1S/C15H23N5O3/c1-10(2)14-17-15(23-19-14)11-5-4-7-20(11)9-13-16-12(18-22-13)6-8-21-3/h10-11H,4-9H2,1-3H3/t11-/m1/s1. The van der Waals surface area contributed by atoms with E-state index < -0.39 is 0 Å². The van der Waals surface area contributed by atoms with Crippen molar-refractivity contribution in [2.45, 2.75) is 51.6 Å². The predicted octanol–water partition coefficient (Wildman–Crippen LogP) is 2.10. The molecule has 23 heavy (non-hydrogen) atoms. The van der Waals surface area contributed by atoms with E-state index in [1.807, 2.05) is 0 Å². The summed E-state index contributed by atoms with van der Waals surface area (Å²) in [4.78, 5) is 11.2. The van der Waals surface area contributed by atoms with Gasteiger partial charge in [0.05, 0.1) is 19.2 Å². The molecule has 2 aromatic rings. The van der Waals surface area contributed by atoms with Crippen LogP contribution in [-0.4, -0.2) is 45.4 Å². The summed E-state index contributed by atoms with van der Waals surface area (Å²) in [5, 5.41) is 8.04. The number of hydrogen-bond acceptors (Lipinski definition) is 8. The molecule has 8 heteroatoms. The minimum atomic E-state index is 0.129. The first kappa shape index (κ1) is 16.1. The molecule has 126 valence electrons. The lowest BCUT2D eigenvalue weighted by molar-refractivity contribution is 0.178. The maximum Gasteiger partial charge on any atom is 0.244 e. The number of ether oxygens (including phenoxy) is 1. The van der Waals surface area contributed by atoms with Crippen LogP contribution >= 0.6 is 0 Å². The fourth-order valence-corrected chi connectivity index (χ4v) is 2.74. The Balaban J connectivity index is 1.65. The van der Waals surface area contributed by atoms with Gasteiger partial charge in [-0.2, -0.15) is 9.97 Å². The normalized spacial score (nSPS) is 19.0. The van der Waals surface area contributed by atoms with E-state index in [1.54, 1.807) is 7.11 Å². The molecule has 3 rings (SSSR count). The van der Waals surface area contributed by atoms with Crippen LogP contribution in [0.3, 0.4) is 0 Å². The van der Waals surface area contributed by atoms with Crippen LogP contribution < -0.4 is 0 Å². The molecule has 0 radical (unpaired) electrons. The van der Waals surface area contributed by atoms with Gasteiger partial charge in [-0.1, -0.05) is 24.2 Å². The van der Waals surface area contributed by atoms with Gasteiger partial charge in [-0.05, 0) is 19.4 Å². The van der Waals surface area contributed by atoms with E-state index in [0.29, 0.717) is 37.2 Å². The number of nitrogens with zero attached hydrogens (tertiary/aromatic N) is 5. The first-order valence-corrected chi connectivity index (χ1v) is 8.05. The van der Waals surface area contributed by atoms with Crippen LogP contribution in [0.5, 0.6) is 0 Å². The fourth-order valence-electron chi connectivity index (χ4n) is 2.74. The molecule has 0 amide bonds. The second-order valence-electron chi connectivity index (χ2n) is 6.12. The third-order valence-corrected chi connectivity index (χ3v) is 4.00. The Bertz CT molecular complexity index is 624. The fraction of sp³-hybridized carbons (Fsp3) is 0.733. The van der Waals surface area contributed by atoms with E-state index in [9.17, 15) is 0 Å². The quantitative estimate of drug-likeness (QED) is 0.766. The predicted molar refractivity (Wildman–Crippen MR) is 80.7 cm³/mol. The van der Waals surface area contributed by atoms with Crippen LogP contribution in [0.1, 0.15) is 62.1 Å². The maximum atomic E-state index is 5.45. The zero-order valence-electron chi connectivity index (χ0n) is 13.9. The molecule has 1 atom stereocenters. The van der Waals surface area contributed by atoms with Gasteiger partial charge in [-0.15, -0.1) is 0 Å². The third kappa shape index (κ3) is 3.76. The second-order valence-corrected chi connectivity index (χ2v) is 6.12. The van der Waals surface area contributed by atoms with E-state index in [4.69, 9.17) is 13.8 Å². The van der Waals surface area contributed by atoms with Crippen molar-refractivity contribution >= 4 is 0 Å². The molecule has 0 aromatic carbocycles. The monoisotopic (exact) mass is 321 g/mol. The Morgan fingerprint density at radius 2 is 2.13 bits per heavy atom. The molecule has 0 spiro atoms. The average molecular weight is 321 g/mol. The van der Waals surface area contributed by atoms with Crippen molar-refractivity contribution in [3.8, 4) is 0 Å². The van der Waals surface area contributed by atoms with Crippen LogP contribution in [0.15, 0.2) is 9.05 Å².